The Morgan fingerprint density at radius 3 is 1.91 bits per heavy atom. The van der Waals surface area contributed by atoms with Crippen LogP contribution in [0.15, 0.2) is 24.3 Å². The fraction of sp³-hybridized carbons (Fsp3) is 0.636. The van der Waals surface area contributed by atoms with E-state index in [1.165, 1.54) is 12.8 Å². The van der Waals surface area contributed by atoms with E-state index in [4.69, 9.17) is 0 Å². The van der Waals surface area contributed by atoms with E-state index in [9.17, 15) is 0 Å². The van der Waals surface area contributed by atoms with Gasteiger partial charge in [-0.25, -0.2) is 0 Å². The van der Waals surface area contributed by atoms with E-state index >= 15 is 0 Å². The lowest BCUT2D eigenvalue weighted by atomic mass is 10.1. The van der Waals surface area contributed by atoms with Crippen molar-refractivity contribution in [3.05, 3.63) is 24.3 Å². The van der Waals surface area contributed by atoms with Crippen molar-refractivity contribution >= 4 is 0 Å². The Morgan fingerprint density at radius 1 is 1.00 bits per heavy atom. The normalized spacial score (nSPS) is 44.9. The maximum Gasteiger partial charge on any atom is -0.0108 e. The topological polar surface area (TPSA) is 0 Å². The molecule has 0 nitrogen and oxygen atoms in total. The van der Waals surface area contributed by atoms with E-state index in [0.29, 0.717) is 5.41 Å². The molecule has 0 N–H and O–H groups in total. The molecule has 0 saturated heterocycles. The van der Waals surface area contributed by atoms with E-state index in [1.807, 2.05) is 0 Å². The minimum absolute atomic E-state index is 0.553. The van der Waals surface area contributed by atoms with Crippen molar-refractivity contribution in [3.8, 4) is 0 Å². The highest BCUT2D eigenvalue weighted by molar-refractivity contribution is 5.22. The highest BCUT2D eigenvalue weighted by atomic mass is 14.6. The summed E-state index contributed by atoms with van der Waals surface area (Å²) in [6, 6.07) is 0. The molecule has 2 aliphatic carbocycles. The van der Waals surface area contributed by atoms with E-state index < -0.39 is 0 Å². The molecule has 0 heterocycles. The van der Waals surface area contributed by atoms with Gasteiger partial charge in [0.15, 0.2) is 0 Å². The standard InChI is InChI=1S/C11H16/c1-11(2)9-7-5-3-4-6-8-10(9)11/h5-10H,3-4H2,1-2H3/b7-5-,8-6-/t9-,10+. The van der Waals surface area contributed by atoms with Gasteiger partial charge in [0.2, 0.25) is 0 Å². The molecule has 0 spiro atoms. The summed E-state index contributed by atoms with van der Waals surface area (Å²) in [5.41, 5.74) is 0.553. The van der Waals surface area contributed by atoms with Crippen LogP contribution < -0.4 is 0 Å². The lowest BCUT2D eigenvalue weighted by Gasteiger charge is -1.95. The zero-order valence-electron chi connectivity index (χ0n) is 7.38. The van der Waals surface area contributed by atoms with Crippen molar-refractivity contribution < 1.29 is 0 Å². The van der Waals surface area contributed by atoms with Crippen LogP contribution in [-0.4, -0.2) is 0 Å². The molecule has 0 aromatic rings. The largest absolute Gasteiger partial charge is 0.0879 e. The smallest absolute Gasteiger partial charge is 0.0108 e. The summed E-state index contributed by atoms with van der Waals surface area (Å²) in [4.78, 5) is 0. The number of allylic oxidation sites excluding steroid dienone is 4. The molecule has 1 fully saturated rings. The maximum atomic E-state index is 2.41. The Kier molecular flexibility index (Phi) is 1.45. The van der Waals surface area contributed by atoms with Gasteiger partial charge in [-0.2, -0.15) is 0 Å². The van der Waals surface area contributed by atoms with Crippen LogP contribution in [0.4, 0.5) is 0 Å². The molecule has 2 aliphatic rings. The van der Waals surface area contributed by atoms with E-state index in [0.717, 1.165) is 11.8 Å². The molecule has 0 radical (unpaired) electrons. The van der Waals surface area contributed by atoms with Gasteiger partial charge in [0.1, 0.15) is 0 Å². The van der Waals surface area contributed by atoms with Crippen LogP contribution in [-0.2, 0) is 0 Å². The summed E-state index contributed by atoms with van der Waals surface area (Å²) < 4.78 is 0. The first kappa shape index (κ1) is 7.15. The van der Waals surface area contributed by atoms with E-state index in [2.05, 4.69) is 38.2 Å². The molecule has 11 heavy (non-hydrogen) atoms. The first-order valence-electron chi connectivity index (χ1n) is 4.56. The average Bonchev–Trinajstić information content (AvgIpc) is 2.29. The van der Waals surface area contributed by atoms with E-state index in [-0.39, 0.29) is 0 Å². The number of fused-ring (bicyclic) bond motifs is 1. The molecule has 0 unspecified atom stereocenters. The number of hydrogen-bond donors (Lipinski definition) is 0. The van der Waals surface area contributed by atoms with Crippen molar-refractivity contribution in [1.82, 2.24) is 0 Å². The number of hydrogen-bond acceptors (Lipinski definition) is 0. The van der Waals surface area contributed by atoms with Crippen molar-refractivity contribution in [2.24, 2.45) is 17.3 Å². The Morgan fingerprint density at radius 2 is 1.45 bits per heavy atom. The summed E-state index contributed by atoms with van der Waals surface area (Å²) in [6.45, 7) is 4.73. The number of rotatable bonds is 0. The van der Waals surface area contributed by atoms with Gasteiger partial charge in [-0.05, 0) is 30.1 Å². The zero-order chi connectivity index (χ0) is 7.90. The van der Waals surface area contributed by atoms with Gasteiger partial charge in [-0.15, -0.1) is 0 Å². The van der Waals surface area contributed by atoms with Gasteiger partial charge in [0.05, 0.1) is 0 Å². The molecule has 2 atom stereocenters. The van der Waals surface area contributed by atoms with Crippen LogP contribution in [0.25, 0.3) is 0 Å². The third kappa shape index (κ3) is 1.05. The van der Waals surface area contributed by atoms with Crippen LogP contribution in [0, 0.1) is 17.3 Å². The second kappa shape index (κ2) is 2.23. The van der Waals surface area contributed by atoms with Crippen LogP contribution in [0.5, 0.6) is 0 Å². The fourth-order valence-electron chi connectivity index (χ4n) is 2.13. The van der Waals surface area contributed by atoms with Crippen LogP contribution in [0.3, 0.4) is 0 Å². The lowest BCUT2D eigenvalue weighted by Crippen LogP contribution is -1.87. The molecule has 1 saturated carbocycles. The second-order valence-corrected chi connectivity index (χ2v) is 4.31. The van der Waals surface area contributed by atoms with Gasteiger partial charge in [0.25, 0.3) is 0 Å². The Hall–Kier alpha value is -0.520. The lowest BCUT2D eigenvalue weighted by molar-refractivity contribution is 0.586. The van der Waals surface area contributed by atoms with Gasteiger partial charge in [0, 0.05) is 0 Å². The Balaban J connectivity index is 2.17. The van der Waals surface area contributed by atoms with Crippen molar-refractivity contribution in [2.75, 3.05) is 0 Å². The van der Waals surface area contributed by atoms with Crippen LogP contribution in [0.1, 0.15) is 26.7 Å². The fourth-order valence-corrected chi connectivity index (χ4v) is 2.13. The molecule has 0 aromatic heterocycles. The van der Waals surface area contributed by atoms with Crippen LogP contribution in [0.2, 0.25) is 0 Å². The van der Waals surface area contributed by atoms with Gasteiger partial charge < -0.3 is 0 Å². The van der Waals surface area contributed by atoms with E-state index in [1.54, 1.807) is 0 Å². The monoisotopic (exact) mass is 148 g/mol. The molecule has 0 bridgehead atoms. The summed E-state index contributed by atoms with van der Waals surface area (Å²) in [7, 11) is 0. The van der Waals surface area contributed by atoms with Gasteiger partial charge in [-0.3, -0.25) is 0 Å². The SMILES string of the molecule is CC1(C)[C@@H]2/C=C\CC/C=C\[C@@H]21. The predicted molar refractivity (Wildman–Crippen MR) is 48.3 cm³/mol. The molecular weight excluding hydrogens is 132 g/mol. The summed E-state index contributed by atoms with van der Waals surface area (Å²) in [5.74, 6) is 1.66. The second-order valence-electron chi connectivity index (χ2n) is 4.31. The third-order valence-corrected chi connectivity index (χ3v) is 3.18. The van der Waals surface area contributed by atoms with Gasteiger partial charge >= 0.3 is 0 Å². The molecule has 60 valence electrons. The van der Waals surface area contributed by atoms with Crippen molar-refractivity contribution in [1.29, 1.82) is 0 Å². The van der Waals surface area contributed by atoms with Gasteiger partial charge in [-0.1, -0.05) is 38.2 Å². The third-order valence-electron chi connectivity index (χ3n) is 3.18. The minimum Gasteiger partial charge on any atom is -0.0879 e. The Labute approximate surface area is 69.0 Å². The zero-order valence-corrected chi connectivity index (χ0v) is 7.38. The quantitative estimate of drug-likeness (QED) is 0.463. The Bertz CT molecular complexity index is 186. The first-order chi connectivity index (χ1) is 5.23. The molecule has 2 rings (SSSR count). The maximum absolute atomic E-state index is 2.41. The molecule has 0 heteroatoms. The molecular formula is C11H16. The van der Waals surface area contributed by atoms with Crippen molar-refractivity contribution in [2.45, 2.75) is 26.7 Å². The van der Waals surface area contributed by atoms with Crippen LogP contribution >= 0.6 is 0 Å². The molecule has 0 amide bonds. The first-order valence-corrected chi connectivity index (χ1v) is 4.56. The summed E-state index contributed by atoms with van der Waals surface area (Å²) >= 11 is 0. The summed E-state index contributed by atoms with van der Waals surface area (Å²) in [5, 5.41) is 0. The predicted octanol–water partition coefficient (Wildman–Crippen LogP) is 3.16. The molecule has 0 aliphatic heterocycles. The highest BCUT2D eigenvalue weighted by Gasteiger charge is 2.54. The minimum atomic E-state index is 0.553. The average molecular weight is 148 g/mol. The molecule has 0 aromatic carbocycles. The summed E-state index contributed by atoms with van der Waals surface area (Å²) in [6.07, 6.45) is 12.0. The van der Waals surface area contributed by atoms with Crippen molar-refractivity contribution in [3.63, 3.8) is 0 Å². The highest BCUT2D eigenvalue weighted by Crippen LogP contribution is 2.60.